The molecular formula is C14H13Cl2FN4. The lowest BCUT2D eigenvalue weighted by Gasteiger charge is -2.09. The topological polar surface area (TPSA) is 35.6 Å². The van der Waals surface area contributed by atoms with Gasteiger partial charge in [-0.1, -0.05) is 11.6 Å². The Bertz CT molecular complexity index is 807. The van der Waals surface area contributed by atoms with Crippen molar-refractivity contribution in [2.75, 3.05) is 0 Å². The van der Waals surface area contributed by atoms with Gasteiger partial charge in [0, 0.05) is 24.9 Å². The van der Waals surface area contributed by atoms with Gasteiger partial charge < -0.3 is 4.57 Å². The molecule has 0 aliphatic heterocycles. The third-order valence-electron chi connectivity index (χ3n) is 3.27. The van der Waals surface area contributed by atoms with Crippen molar-refractivity contribution >= 4 is 34.2 Å². The predicted molar refractivity (Wildman–Crippen MR) is 81.3 cm³/mol. The minimum absolute atomic E-state index is 0.0577. The molecule has 0 fully saturated rings. The average Bonchev–Trinajstić information content (AvgIpc) is 2.96. The molecule has 2 heterocycles. The average molecular weight is 327 g/mol. The molecule has 1 atom stereocenters. The summed E-state index contributed by atoms with van der Waals surface area (Å²) in [6.45, 7) is 2.36. The molecule has 0 bridgehead atoms. The zero-order valence-electron chi connectivity index (χ0n) is 11.5. The Labute approximate surface area is 131 Å². The molecular weight excluding hydrogens is 314 g/mol. The van der Waals surface area contributed by atoms with Crippen molar-refractivity contribution in [3.05, 3.63) is 46.8 Å². The first-order valence-electron chi connectivity index (χ1n) is 6.42. The molecule has 0 saturated heterocycles. The van der Waals surface area contributed by atoms with E-state index in [1.54, 1.807) is 10.9 Å². The van der Waals surface area contributed by atoms with Crippen LogP contribution in [-0.4, -0.2) is 19.3 Å². The van der Waals surface area contributed by atoms with Crippen molar-refractivity contribution in [3.63, 3.8) is 0 Å². The van der Waals surface area contributed by atoms with Crippen LogP contribution in [0.4, 0.5) is 4.39 Å². The maximum Gasteiger partial charge on any atom is 0.144 e. The molecule has 0 aliphatic rings. The van der Waals surface area contributed by atoms with Crippen LogP contribution in [0.25, 0.3) is 11.0 Å². The van der Waals surface area contributed by atoms with Crippen LogP contribution in [0, 0.1) is 5.82 Å². The largest absolute Gasteiger partial charge is 0.322 e. The van der Waals surface area contributed by atoms with E-state index in [0.717, 1.165) is 5.56 Å². The van der Waals surface area contributed by atoms with E-state index in [-0.39, 0.29) is 10.4 Å². The van der Waals surface area contributed by atoms with Crippen molar-refractivity contribution < 1.29 is 4.39 Å². The molecule has 0 N–H and O–H groups in total. The van der Waals surface area contributed by atoms with E-state index < -0.39 is 5.82 Å². The molecule has 3 rings (SSSR count). The van der Waals surface area contributed by atoms with E-state index in [1.807, 2.05) is 24.7 Å². The quantitative estimate of drug-likeness (QED) is 0.684. The molecule has 0 aliphatic carbocycles. The number of rotatable bonds is 3. The molecule has 2 aromatic heterocycles. The lowest BCUT2D eigenvalue weighted by atomic mass is 10.3. The maximum atomic E-state index is 13.8. The Kier molecular flexibility index (Phi) is 3.63. The van der Waals surface area contributed by atoms with Crippen molar-refractivity contribution in [3.8, 4) is 0 Å². The van der Waals surface area contributed by atoms with Gasteiger partial charge in [0.15, 0.2) is 0 Å². The van der Waals surface area contributed by atoms with Crippen molar-refractivity contribution in [1.82, 2.24) is 19.3 Å². The molecule has 0 amide bonds. The summed E-state index contributed by atoms with van der Waals surface area (Å²) < 4.78 is 17.4. The van der Waals surface area contributed by atoms with Crippen LogP contribution < -0.4 is 0 Å². The fourth-order valence-corrected chi connectivity index (χ4v) is 2.67. The fourth-order valence-electron chi connectivity index (χ4n) is 2.34. The van der Waals surface area contributed by atoms with Gasteiger partial charge in [-0.3, -0.25) is 4.68 Å². The summed E-state index contributed by atoms with van der Waals surface area (Å²) in [6.07, 6.45) is 3.67. The lowest BCUT2D eigenvalue weighted by molar-refractivity contribution is 0.628. The summed E-state index contributed by atoms with van der Waals surface area (Å²) in [7, 11) is 1.85. The zero-order chi connectivity index (χ0) is 15.1. The van der Waals surface area contributed by atoms with E-state index >= 15 is 0 Å². The van der Waals surface area contributed by atoms with Crippen molar-refractivity contribution in [1.29, 1.82) is 0 Å². The number of alkyl halides is 1. The summed E-state index contributed by atoms with van der Waals surface area (Å²) in [5, 5.41) is 3.90. The molecule has 21 heavy (non-hydrogen) atoms. The second-order valence-corrected chi connectivity index (χ2v) is 6.01. The smallest absolute Gasteiger partial charge is 0.144 e. The number of hydrogen-bond acceptors (Lipinski definition) is 2. The minimum Gasteiger partial charge on any atom is -0.322 e. The monoisotopic (exact) mass is 326 g/mol. The first kappa shape index (κ1) is 14.4. The number of aryl methyl sites for hydroxylation is 1. The second kappa shape index (κ2) is 5.31. The summed E-state index contributed by atoms with van der Waals surface area (Å²) in [5.74, 6) is 0.211. The molecule has 4 nitrogen and oxygen atoms in total. The number of fused-ring (bicyclic) bond motifs is 1. The van der Waals surface area contributed by atoms with Gasteiger partial charge in [-0.15, -0.1) is 11.6 Å². The second-order valence-electron chi connectivity index (χ2n) is 4.95. The molecule has 1 unspecified atom stereocenters. The molecule has 110 valence electrons. The highest BCUT2D eigenvalue weighted by Crippen LogP contribution is 2.28. The first-order valence-corrected chi connectivity index (χ1v) is 7.24. The Hall–Kier alpha value is -1.59. The van der Waals surface area contributed by atoms with Crippen LogP contribution in [0.3, 0.4) is 0 Å². The number of halogens is 3. The van der Waals surface area contributed by atoms with E-state index in [9.17, 15) is 4.39 Å². The van der Waals surface area contributed by atoms with Gasteiger partial charge in [0.1, 0.15) is 11.6 Å². The van der Waals surface area contributed by atoms with E-state index in [2.05, 4.69) is 10.1 Å². The van der Waals surface area contributed by atoms with Crippen LogP contribution in [-0.2, 0) is 13.6 Å². The third kappa shape index (κ3) is 2.63. The number of hydrogen-bond donors (Lipinski definition) is 0. The molecule has 0 spiro atoms. The van der Waals surface area contributed by atoms with Gasteiger partial charge >= 0.3 is 0 Å². The van der Waals surface area contributed by atoms with E-state index in [4.69, 9.17) is 23.2 Å². The fraction of sp³-hybridized carbons (Fsp3) is 0.286. The molecule has 0 radical (unpaired) electrons. The standard InChI is InChI=1S/C14H13Cl2FN4/c1-8(15)14-19-12-3-10(16)11(17)4-13(12)21(14)7-9-5-18-20(2)6-9/h3-6,8H,7H2,1-2H3. The SMILES string of the molecule is CC(Cl)c1nc2cc(Cl)c(F)cc2n1Cc1cnn(C)c1. The van der Waals surface area contributed by atoms with Crippen LogP contribution in [0.5, 0.6) is 0 Å². The van der Waals surface area contributed by atoms with Gasteiger partial charge in [0.2, 0.25) is 0 Å². The Balaban J connectivity index is 2.17. The van der Waals surface area contributed by atoms with Gasteiger partial charge in [-0.25, -0.2) is 9.37 Å². The van der Waals surface area contributed by atoms with Gasteiger partial charge in [-0.2, -0.15) is 5.10 Å². The third-order valence-corrected chi connectivity index (χ3v) is 3.76. The highest BCUT2D eigenvalue weighted by molar-refractivity contribution is 6.31. The zero-order valence-corrected chi connectivity index (χ0v) is 13.0. The van der Waals surface area contributed by atoms with E-state index in [1.165, 1.54) is 12.1 Å². The molecule has 3 aromatic rings. The van der Waals surface area contributed by atoms with Gasteiger partial charge in [-0.05, 0) is 13.0 Å². The van der Waals surface area contributed by atoms with Crippen LogP contribution >= 0.6 is 23.2 Å². The van der Waals surface area contributed by atoms with Crippen molar-refractivity contribution in [2.45, 2.75) is 18.8 Å². The van der Waals surface area contributed by atoms with Crippen molar-refractivity contribution in [2.24, 2.45) is 7.05 Å². The van der Waals surface area contributed by atoms with Crippen LogP contribution in [0.15, 0.2) is 24.5 Å². The maximum absolute atomic E-state index is 13.8. The minimum atomic E-state index is -0.467. The highest BCUT2D eigenvalue weighted by Gasteiger charge is 2.17. The predicted octanol–water partition coefficient (Wildman–Crippen LogP) is 3.91. The highest BCUT2D eigenvalue weighted by atomic mass is 35.5. The van der Waals surface area contributed by atoms with Crippen LogP contribution in [0.2, 0.25) is 5.02 Å². The lowest BCUT2D eigenvalue weighted by Crippen LogP contribution is -2.05. The molecule has 7 heteroatoms. The number of nitrogens with zero attached hydrogens (tertiary/aromatic N) is 4. The van der Waals surface area contributed by atoms with Gasteiger partial charge in [0.05, 0.1) is 34.2 Å². The molecule has 0 saturated carbocycles. The summed E-state index contributed by atoms with van der Waals surface area (Å²) in [6, 6.07) is 2.92. The Morgan fingerprint density at radius 3 is 2.76 bits per heavy atom. The first-order chi connectivity index (χ1) is 9.95. The molecule has 1 aromatic carbocycles. The number of imidazole rings is 1. The van der Waals surface area contributed by atoms with Crippen LogP contribution in [0.1, 0.15) is 23.7 Å². The summed E-state index contributed by atoms with van der Waals surface area (Å²) >= 11 is 12.0. The summed E-state index contributed by atoms with van der Waals surface area (Å²) in [4.78, 5) is 4.47. The Morgan fingerprint density at radius 2 is 2.14 bits per heavy atom. The normalized spacial score (nSPS) is 13.0. The summed E-state index contributed by atoms with van der Waals surface area (Å²) in [5.41, 5.74) is 2.29. The Morgan fingerprint density at radius 1 is 1.38 bits per heavy atom. The van der Waals surface area contributed by atoms with Gasteiger partial charge in [0.25, 0.3) is 0 Å². The number of aromatic nitrogens is 4. The van der Waals surface area contributed by atoms with E-state index in [0.29, 0.717) is 23.4 Å². The number of benzene rings is 1.